The Morgan fingerprint density at radius 2 is 1.68 bits per heavy atom. The van der Waals surface area contributed by atoms with Crippen molar-refractivity contribution in [1.29, 1.82) is 0 Å². The highest BCUT2D eigenvalue weighted by molar-refractivity contribution is 5.37. The van der Waals surface area contributed by atoms with Crippen molar-refractivity contribution in [3.8, 4) is 11.5 Å². The summed E-state index contributed by atoms with van der Waals surface area (Å²) in [5.74, 6) is -0.600. The van der Waals surface area contributed by atoms with E-state index in [4.69, 9.17) is 10.5 Å². The Balaban J connectivity index is 2.17. The van der Waals surface area contributed by atoms with Crippen LogP contribution in [-0.4, -0.2) is 18.3 Å². The largest absolute Gasteiger partial charge is 0.508 e. The molecule has 0 aromatic heterocycles. The first-order valence-electron chi connectivity index (χ1n) is 6.70. The summed E-state index contributed by atoms with van der Waals surface area (Å²) >= 11 is 0. The van der Waals surface area contributed by atoms with Crippen molar-refractivity contribution >= 4 is 0 Å². The Hall–Kier alpha value is -2.21. The van der Waals surface area contributed by atoms with Crippen LogP contribution in [0.5, 0.6) is 11.5 Å². The molecule has 0 bridgehead atoms. The molecule has 0 saturated carbocycles. The number of nitrogens with two attached hydrogens (primary N) is 1. The summed E-state index contributed by atoms with van der Waals surface area (Å²) < 4.78 is 44.0. The summed E-state index contributed by atoms with van der Waals surface area (Å²) in [6.07, 6.45) is -4.48. The minimum atomic E-state index is -4.48. The minimum Gasteiger partial charge on any atom is -0.508 e. The molecule has 0 radical (unpaired) electrons. The number of alkyl halides is 3. The van der Waals surface area contributed by atoms with Gasteiger partial charge in [0.05, 0.1) is 12.2 Å². The van der Waals surface area contributed by atoms with E-state index in [1.165, 1.54) is 24.3 Å². The molecule has 2 rings (SSSR count). The normalized spacial score (nSPS) is 12.9. The minimum absolute atomic E-state index is 0.0469. The molecule has 0 aliphatic carbocycles. The summed E-state index contributed by atoms with van der Waals surface area (Å²) in [4.78, 5) is 0. The number of benzene rings is 2. The van der Waals surface area contributed by atoms with Crippen LogP contribution < -0.4 is 10.5 Å². The highest BCUT2D eigenvalue weighted by Gasteiger charge is 2.34. The zero-order valence-corrected chi connectivity index (χ0v) is 11.7. The average Bonchev–Trinajstić information content (AvgIpc) is 2.49. The lowest BCUT2D eigenvalue weighted by Gasteiger charge is -2.19. The summed E-state index contributed by atoms with van der Waals surface area (Å²) in [5, 5.41) is 9.80. The van der Waals surface area contributed by atoms with Gasteiger partial charge >= 0.3 is 6.18 Å². The fraction of sp³-hybridized carbons (Fsp3) is 0.250. The number of aromatic hydroxyl groups is 1. The van der Waals surface area contributed by atoms with Gasteiger partial charge in [-0.25, -0.2) is 0 Å². The molecule has 0 aliphatic heterocycles. The molecule has 2 aromatic rings. The lowest BCUT2D eigenvalue weighted by atomic mass is 9.99. The fourth-order valence-corrected chi connectivity index (χ4v) is 2.13. The third-order valence-electron chi connectivity index (χ3n) is 3.29. The molecule has 0 heterocycles. The zero-order chi connectivity index (χ0) is 16.2. The van der Waals surface area contributed by atoms with Crippen LogP contribution in [0, 0.1) is 0 Å². The number of rotatable bonds is 5. The topological polar surface area (TPSA) is 55.5 Å². The summed E-state index contributed by atoms with van der Waals surface area (Å²) in [5.41, 5.74) is 5.37. The van der Waals surface area contributed by atoms with Crippen LogP contribution >= 0.6 is 0 Å². The van der Waals surface area contributed by atoms with Gasteiger partial charge in [-0.3, -0.25) is 0 Å². The van der Waals surface area contributed by atoms with E-state index in [9.17, 15) is 18.3 Å². The second kappa shape index (κ2) is 6.70. The second-order valence-corrected chi connectivity index (χ2v) is 4.80. The number of hydrogen-bond donors (Lipinski definition) is 2. The molecule has 2 aromatic carbocycles. The number of phenols is 1. The SMILES string of the molecule is NCC(COc1ccccc1C(F)(F)F)c1ccccc1O. The lowest BCUT2D eigenvalue weighted by Crippen LogP contribution is -2.20. The van der Waals surface area contributed by atoms with Gasteiger partial charge in [-0.05, 0) is 18.2 Å². The number of hydrogen-bond acceptors (Lipinski definition) is 3. The van der Waals surface area contributed by atoms with Crippen molar-refractivity contribution in [2.75, 3.05) is 13.2 Å². The first kappa shape index (κ1) is 16.2. The van der Waals surface area contributed by atoms with Crippen molar-refractivity contribution in [1.82, 2.24) is 0 Å². The molecular weight excluding hydrogens is 295 g/mol. The standard InChI is InChI=1S/C16H16F3NO2/c17-16(18,19)13-6-2-4-8-15(13)22-10-11(9-20)12-5-1-3-7-14(12)21/h1-8,11,21H,9-10,20H2. The molecule has 0 spiro atoms. The Bertz CT molecular complexity index is 629. The number of halogens is 3. The molecule has 3 nitrogen and oxygen atoms in total. The van der Waals surface area contributed by atoms with Gasteiger partial charge < -0.3 is 15.6 Å². The molecule has 3 N–H and O–H groups in total. The monoisotopic (exact) mass is 311 g/mol. The average molecular weight is 311 g/mol. The summed E-state index contributed by atoms with van der Waals surface area (Å²) in [6, 6.07) is 11.6. The maximum absolute atomic E-state index is 12.9. The van der Waals surface area contributed by atoms with Gasteiger partial charge in [-0.1, -0.05) is 30.3 Å². The highest BCUT2D eigenvalue weighted by atomic mass is 19.4. The first-order valence-corrected chi connectivity index (χ1v) is 6.70. The van der Waals surface area contributed by atoms with E-state index in [-0.39, 0.29) is 24.7 Å². The Morgan fingerprint density at radius 3 is 2.32 bits per heavy atom. The molecule has 0 saturated heterocycles. The van der Waals surface area contributed by atoms with Crippen molar-refractivity contribution in [2.24, 2.45) is 5.73 Å². The highest BCUT2D eigenvalue weighted by Crippen LogP contribution is 2.36. The maximum atomic E-state index is 12.9. The van der Waals surface area contributed by atoms with E-state index >= 15 is 0 Å². The van der Waals surface area contributed by atoms with Gasteiger partial charge in [-0.15, -0.1) is 0 Å². The van der Waals surface area contributed by atoms with Gasteiger partial charge in [0.25, 0.3) is 0 Å². The van der Waals surface area contributed by atoms with Crippen LogP contribution in [0.1, 0.15) is 17.0 Å². The molecule has 1 unspecified atom stereocenters. The van der Waals surface area contributed by atoms with Crippen molar-refractivity contribution in [3.05, 3.63) is 59.7 Å². The van der Waals surface area contributed by atoms with Gasteiger partial charge in [0.15, 0.2) is 0 Å². The Kier molecular flexibility index (Phi) is 4.92. The van der Waals surface area contributed by atoms with Crippen molar-refractivity contribution in [2.45, 2.75) is 12.1 Å². The lowest BCUT2D eigenvalue weighted by molar-refractivity contribution is -0.139. The molecule has 6 heteroatoms. The zero-order valence-electron chi connectivity index (χ0n) is 11.7. The first-order chi connectivity index (χ1) is 10.4. The van der Waals surface area contributed by atoms with Crippen LogP contribution in [0.2, 0.25) is 0 Å². The van der Waals surface area contributed by atoms with Crippen molar-refractivity contribution in [3.63, 3.8) is 0 Å². The number of phenolic OH excluding ortho intramolecular Hbond substituents is 1. The molecule has 1 atom stereocenters. The quantitative estimate of drug-likeness (QED) is 0.888. The Morgan fingerprint density at radius 1 is 1.05 bits per heavy atom. The van der Waals surface area contributed by atoms with Crippen LogP contribution in [0.15, 0.2) is 48.5 Å². The van der Waals surface area contributed by atoms with Gasteiger partial charge in [0, 0.05) is 18.0 Å². The van der Waals surface area contributed by atoms with Crippen molar-refractivity contribution < 1.29 is 23.0 Å². The molecule has 118 valence electrons. The van der Waals surface area contributed by atoms with Crippen LogP contribution in [-0.2, 0) is 6.18 Å². The van der Waals surface area contributed by atoms with Gasteiger partial charge in [0.1, 0.15) is 11.5 Å². The molecule has 0 amide bonds. The van der Waals surface area contributed by atoms with Crippen LogP contribution in [0.3, 0.4) is 0 Å². The van der Waals surface area contributed by atoms with Crippen LogP contribution in [0.4, 0.5) is 13.2 Å². The van der Waals surface area contributed by atoms with E-state index in [1.54, 1.807) is 18.2 Å². The van der Waals surface area contributed by atoms with E-state index < -0.39 is 17.7 Å². The summed E-state index contributed by atoms with van der Waals surface area (Å²) in [6.45, 7) is 0.0902. The van der Waals surface area contributed by atoms with Gasteiger partial charge in [0.2, 0.25) is 0 Å². The second-order valence-electron chi connectivity index (χ2n) is 4.80. The number of ether oxygens (including phenoxy) is 1. The smallest absolute Gasteiger partial charge is 0.419 e. The predicted molar refractivity (Wildman–Crippen MR) is 76.8 cm³/mol. The summed E-state index contributed by atoms with van der Waals surface area (Å²) in [7, 11) is 0. The maximum Gasteiger partial charge on any atom is 0.419 e. The molecule has 22 heavy (non-hydrogen) atoms. The third kappa shape index (κ3) is 3.71. The van der Waals surface area contributed by atoms with E-state index in [1.807, 2.05) is 0 Å². The molecule has 0 fully saturated rings. The third-order valence-corrected chi connectivity index (χ3v) is 3.29. The van der Waals surface area contributed by atoms with Crippen LogP contribution in [0.25, 0.3) is 0 Å². The van der Waals surface area contributed by atoms with Gasteiger partial charge in [-0.2, -0.15) is 13.2 Å². The molecule has 0 aliphatic rings. The van der Waals surface area contributed by atoms with E-state index in [0.29, 0.717) is 5.56 Å². The fourth-order valence-electron chi connectivity index (χ4n) is 2.13. The van der Waals surface area contributed by atoms with E-state index in [0.717, 1.165) is 6.07 Å². The predicted octanol–water partition coefficient (Wildman–Crippen LogP) is 3.53. The molecular formula is C16H16F3NO2. The number of para-hydroxylation sites is 2. The van der Waals surface area contributed by atoms with E-state index in [2.05, 4.69) is 0 Å². The Labute approximate surface area is 126 Å².